The number of carbonyl (C=O) groups excluding carboxylic acids is 1. The van der Waals surface area contributed by atoms with Gasteiger partial charge in [0.15, 0.2) is 5.78 Å². The Bertz CT molecular complexity index is 758. The summed E-state index contributed by atoms with van der Waals surface area (Å²) in [7, 11) is 0. The lowest BCUT2D eigenvalue weighted by atomic mass is 9.53. The molecule has 0 bridgehead atoms. The minimum absolute atomic E-state index is 0.213. The molecule has 0 heterocycles. The number of fused-ring (bicyclic) bond motifs is 3. The molecule has 0 aromatic heterocycles. The predicted molar refractivity (Wildman–Crippen MR) is 113 cm³/mol. The van der Waals surface area contributed by atoms with Crippen LogP contribution < -0.4 is 0 Å². The molecule has 0 saturated heterocycles. The Morgan fingerprint density at radius 3 is 2.56 bits per heavy atom. The molecule has 0 amide bonds. The van der Waals surface area contributed by atoms with Crippen molar-refractivity contribution in [2.45, 2.75) is 59.3 Å². The normalized spacial score (nSPS) is 38.3. The molecule has 27 heavy (non-hydrogen) atoms. The highest BCUT2D eigenvalue weighted by atomic mass is 16.1. The minimum atomic E-state index is 0.213. The van der Waals surface area contributed by atoms with Crippen LogP contribution in [-0.4, -0.2) is 5.78 Å². The second kappa shape index (κ2) is 7.08. The third-order valence-electron chi connectivity index (χ3n) is 8.14. The SMILES string of the molecule is C=C(C)[C@]1(C)CC=C2C(CCC3[C@@H]2C(C)CC[C@@H]3C(=O)c2ccccc2)C1. The lowest BCUT2D eigenvalue weighted by Crippen LogP contribution is -2.44. The molecule has 144 valence electrons. The van der Waals surface area contributed by atoms with E-state index in [9.17, 15) is 4.79 Å². The molecule has 2 saturated carbocycles. The van der Waals surface area contributed by atoms with E-state index in [1.165, 1.54) is 31.3 Å². The first-order valence-electron chi connectivity index (χ1n) is 10.9. The van der Waals surface area contributed by atoms with Crippen molar-refractivity contribution in [2.24, 2.45) is 35.0 Å². The minimum Gasteiger partial charge on any atom is -0.294 e. The van der Waals surface area contributed by atoms with Gasteiger partial charge in [0.2, 0.25) is 0 Å². The van der Waals surface area contributed by atoms with Crippen LogP contribution >= 0.6 is 0 Å². The first-order chi connectivity index (χ1) is 12.9. The number of carbonyl (C=O) groups is 1. The Labute approximate surface area is 164 Å². The molecule has 1 aromatic carbocycles. The van der Waals surface area contributed by atoms with Gasteiger partial charge in [-0.15, -0.1) is 0 Å². The van der Waals surface area contributed by atoms with Gasteiger partial charge in [0.1, 0.15) is 0 Å². The van der Waals surface area contributed by atoms with Crippen molar-refractivity contribution in [2.75, 3.05) is 0 Å². The van der Waals surface area contributed by atoms with Crippen LogP contribution in [0.4, 0.5) is 0 Å². The third kappa shape index (κ3) is 3.24. The Morgan fingerprint density at radius 2 is 1.85 bits per heavy atom. The van der Waals surface area contributed by atoms with E-state index in [1.807, 2.05) is 30.3 Å². The van der Waals surface area contributed by atoms with Gasteiger partial charge in [-0.1, -0.05) is 68.0 Å². The fraction of sp³-hybridized carbons (Fsp3) is 0.577. The van der Waals surface area contributed by atoms with E-state index >= 15 is 0 Å². The third-order valence-corrected chi connectivity index (χ3v) is 8.14. The molecule has 1 nitrogen and oxygen atoms in total. The second-order valence-electron chi connectivity index (χ2n) is 9.81. The van der Waals surface area contributed by atoms with Crippen molar-refractivity contribution in [3.63, 3.8) is 0 Å². The van der Waals surface area contributed by atoms with E-state index in [4.69, 9.17) is 0 Å². The quantitative estimate of drug-likeness (QED) is 0.424. The van der Waals surface area contributed by atoms with Crippen molar-refractivity contribution in [1.82, 2.24) is 0 Å². The zero-order valence-electron chi connectivity index (χ0n) is 17.2. The number of benzene rings is 1. The van der Waals surface area contributed by atoms with E-state index in [0.717, 1.165) is 18.4 Å². The highest BCUT2D eigenvalue weighted by Crippen LogP contribution is 2.56. The number of hydrogen-bond donors (Lipinski definition) is 0. The van der Waals surface area contributed by atoms with Gasteiger partial charge in [-0.25, -0.2) is 0 Å². The van der Waals surface area contributed by atoms with Gasteiger partial charge in [0.25, 0.3) is 0 Å². The molecule has 0 spiro atoms. The molecule has 6 atom stereocenters. The fourth-order valence-corrected chi connectivity index (χ4v) is 6.28. The molecule has 2 fully saturated rings. The lowest BCUT2D eigenvalue weighted by molar-refractivity contribution is 0.0509. The number of allylic oxidation sites excluding steroid dienone is 3. The Morgan fingerprint density at radius 1 is 1.11 bits per heavy atom. The molecule has 3 aliphatic rings. The van der Waals surface area contributed by atoms with Gasteiger partial charge in [0.05, 0.1) is 0 Å². The average Bonchev–Trinajstić information content (AvgIpc) is 2.68. The molecule has 1 aromatic rings. The first-order valence-corrected chi connectivity index (χ1v) is 10.9. The largest absolute Gasteiger partial charge is 0.294 e. The fourth-order valence-electron chi connectivity index (χ4n) is 6.28. The van der Waals surface area contributed by atoms with Crippen LogP contribution in [0.2, 0.25) is 0 Å². The van der Waals surface area contributed by atoms with Gasteiger partial charge < -0.3 is 0 Å². The standard InChI is InChI=1S/C26H34O/c1-17(2)26(4)15-14-21-20(16-26)11-13-22-23(12-10-18(3)24(21)22)25(27)19-8-6-5-7-9-19/h5-9,14,18,20,22-24H,1,10-13,15-16H2,2-4H3/t18?,20?,22?,23-,24+,26+/m0/s1. The zero-order chi connectivity index (χ0) is 19.2. The number of Topliss-reactive ketones (excluding diaryl/α,β-unsaturated/α-hetero) is 1. The summed E-state index contributed by atoms with van der Waals surface area (Å²) in [6, 6.07) is 9.99. The first kappa shape index (κ1) is 18.7. The highest BCUT2D eigenvalue weighted by molar-refractivity contribution is 5.98. The summed E-state index contributed by atoms with van der Waals surface area (Å²) in [6.45, 7) is 11.3. The molecule has 4 rings (SSSR count). The summed E-state index contributed by atoms with van der Waals surface area (Å²) >= 11 is 0. The number of hydrogen-bond acceptors (Lipinski definition) is 1. The summed E-state index contributed by atoms with van der Waals surface area (Å²) < 4.78 is 0. The molecular weight excluding hydrogens is 328 g/mol. The molecule has 0 radical (unpaired) electrons. The monoisotopic (exact) mass is 362 g/mol. The molecule has 0 aliphatic heterocycles. The highest BCUT2D eigenvalue weighted by Gasteiger charge is 2.48. The van der Waals surface area contributed by atoms with Crippen LogP contribution in [0.5, 0.6) is 0 Å². The molecular formula is C26H34O. The maximum atomic E-state index is 13.3. The van der Waals surface area contributed by atoms with E-state index < -0.39 is 0 Å². The van der Waals surface area contributed by atoms with Crippen LogP contribution in [-0.2, 0) is 0 Å². The Kier molecular flexibility index (Phi) is 4.91. The van der Waals surface area contributed by atoms with Crippen LogP contribution in [0.15, 0.2) is 54.1 Å². The van der Waals surface area contributed by atoms with Crippen LogP contribution in [0, 0.1) is 35.0 Å². The van der Waals surface area contributed by atoms with Crippen LogP contribution in [0.1, 0.15) is 69.7 Å². The van der Waals surface area contributed by atoms with Gasteiger partial charge >= 0.3 is 0 Å². The smallest absolute Gasteiger partial charge is 0.166 e. The average molecular weight is 363 g/mol. The molecule has 1 heteroatoms. The molecule has 3 aliphatic carbocycles. The van der Waals surface area contributed by atoms with Crippen LogP contribution in [0.3, 0.4) is 0 Å². The van der Waals surface area contributed by atoms with Crippen LogP contribution in [0.25, 0.3) is 0 Å². The summed E-state index contributed by atoms with van der Waals surface area (Å²) in [5.74, 6) is 3.17. The van der Waals surface area contributed by atoms with Crippen molar-refractivity contribution in [1.29, 1.82) is 0 Å². The van der Waals surface area contributed by atoms with E-state index in [2.05, 4.69) is 33.4 Å². The summed E-state index contributed by atoms with van der Waals surface area (Å²) in [4.78, 5) is 13.3. The van der Waals surface area contributed by atoms with Crippen molar-refractivity contribution >= 4 is 5.78 Å². The van der Waals surface area contributed by atoms with E-state index in [1.54, 1.807) is 5.57 Å². The zero-order valence-corrected chi connectivity index (χ0v) is 17.2. The van der Waals surface area contributed by atoms with Gasteiger partial charge in [-0.05, 0) is 74.5 Å². The van der Waals surface area contributed by atoms with Crippen molar-refractivity contribution < 1.29 is 4.79 Å². The number of ketones is 1. The Hall–Kier alpha value is -1.63. The van der Waals surface area contributed by atoms with Gasteiger partial charge in [-0.3, -0.25) is 4.79 Å². The van der Waals surface area contributed by atoms with Gasteiger partial charge in [0, 0.05) is 11.5 Å². The maximum absolute atomic E-state index is 13.3. The van der Waals surface area contributed by atoms with Crippen molar-refractivity contribution in [3.05, 3.63) is 59.7 Å². The molecule has 0 N–H and O–H groups in total. The Balaban J connectivity index is 1.62. The molecule has 3 unspecified atom stereocenters. The summed E-state index contributed by atoms with van der Waals surface area (Å²) in [5.41, 5.74) is 4.19. The summed E-state index contributed by atoms with van der Waals surface area (Å²) in [6.07, 6.45) is 9.66. The maximum Gasteiger partial charge on any atom is 0.166 e. The van der Waals surface area contributed by atoms with Crippen molar-refractivity contribution in [3.8, 4) is 0 Å². The van der Waals surface area contributed by atoms with Gasteiger partial charge in [-0.2, -0.15) is 0 Å². The second-order valence-corrected chi connectivity index (χ2v) is 9.81. The van der Waals surface area contributed by atoms with E-state index in [-0.39, 0.29) is 11.3 Å². The number of rotatable bonds is 3. The van der Waals surface area contributed by atoms with E-state index in [0.29, 0.717) is 29.5 Å². The topological polar surface area (TPSA) is 17.1 Å². The lowest BCUT2D eigenvalue weighted by Gasteiger charge is -2.52. The predicted octanol–water partition coefficient (Wildman–Crippen LogP) is 6.86. The summed E-state index contributed by atoms with van der Waals surface area (Å²) in [5, 5.41) is 0.